The van der Waals surface area contributed by atoms with Gasteiger partial charge in [0.05, 0.1) is 23.8 Å². The minimum absolute atomic E-state index is 0.168. The first-order valence-electron chi connectivity index (χ1n) is 11.3. The molecule has 1 heterocycles. The largest absolute Gasteiger partial charge is 0.379 e. The summed E-state index contributed by atoms with van der Waals surface area (Å²) in [5.74, 6) is -0.254. The molecule has 7 nitrogen and oxygen atoms in total. The number of hydrogen-bond acceptors (Lipinski definition) is 5. The smallest absolute Gasteiger partial charge is 0.261 e. The van der Waals surface area contributed by atoms with Crippen LogP contribution in [0.5, 0.6) is 0 Å². The van der Waals surface area contributed by atoms with Crippen LogP contribution >= 0.6 is 0 Å². The van der Waals surface area contributed by atoms with Crippen molar-refractivity contribution in [3.05, 3.63) is 95.1 Å². The molecule has 4 rings (SSSR count). The lowest BCUT2D eigenvalue weighted by Gasteiger charge is -2.26. The molecule has 0 spiro atoms. The van der Waals surface area contributed by atoms with Crippen LogP contribution in [0.2, 0.25) is 0 Å². The first-order valence-corrected chi connectivity index (χ1v) is 12.7. The minimum atomic E-state index is -3.74. The summed E-state index contributed by atoms with van der Waals surface area (Å²) in [6, 6.07) is 21.4. The highest BCUT2D eigenvalue weighted by Crippen LogP contribution is 2.22. The van der Waals surface area contributed by atoms with Crippen molar-refractivity contribution in [2.24, 2.45) is 0 Å². The monoisotopic (exact) mass is 479 g/mol. The maximum absolute atomic E-state index is 12.8. The molecule has 0 aromatic heterocycles. The molecule has 0 bridgehead atoms. The summed E-state index contributed by atoms with van der Waals surface area (Å²) in [6.45, 7) is 6.45. The first-order chi connectivity index (χ1) is 16.4. The summed E-state index contributed by atoms with van der Waals surface area (Å²) in [7, 11) is -3.74. The Morgan fingerprint density at radius 1 is 0.912 bits per heavy atom. The van der Waals surface area contributed by atoms with Crippen LogP contribution in [0, 0.1) is 6.92 Å². The van der Waals surface area contributed by atoms with Crippen molar-refractivity contribution in [1.82, 2.24) is 10.2 Å². The molecule has 178 valence electrons. The molecule has 3 aromatic rings. The average molecular weight is 480 g/mol. The molecule has 1 aliphatic rings. The number of ether oxygens (including phenoxy) is 1. The summed E-state index contributed by atoms with van der Waals surface area (Å²) in [6.07, 6.45) is 0. The van der Waals surface area contributed by atoms with Gasteiger partial charge in [-0.15, -0.1) is 0 Å². The number of morpholine rings is 1. The zero-order chi connectivity index (χ0) is 24.0. The standard InChI is InChI=1S/C26H29N3O4S/c1-20-24(8-5-9-25(20)28-34(31,32)23-6-3-2-4-7-23)26(30)27-18-21-10-12-22(13-11-21)19-29-14-16-33-17-15-29/h2-13,28H,14-19H2,1H3,(H,27,30). The zero-order valence-corrected chi connectivity index (χ0v) is 20.0. The van der Waals surface area contributed by atoms with Gasteiger partial charge in [-0.25, -0.2) is 8.42 Å². The lowest BCUT2D eigenvalue weighted by Crippen LogP contribution is -2.35. The molecule has 1 fully saturated rings. The van der Waals surface area contributed by atoms with E-state index < -0.39 is 10.0 Å². The van der Waals surface area contributed by atoms with Crippen LogP contribution < -0.4 is 10.0 Å². The first kappa shape index (κ1) is 23.9. The van der Waals surface area contributed by atoms with Crippen LogP contribution in [0.15, 0.2) is 77.7 Å². The van der Waals surface area contributed by atoms with E-state index in [0.717, 1.165) is 38.4 Å². The third-order valence-corrected chi connectivity index (χ3v) is 7.24. The average Bonchev–Trinajstić information content (AvgIpc) is 2.86. The van der Waals surface area contributed by atoms with Crippen LogP contribution in [-0.2, 0) is 27.8 Å². The summed E-state index contributed by atoms with van der Waals surface area (Å²) in [4.78, 5) is 15.4. The second-order valence-corrected chi connectivity index (χ2v) is 9.97. The predicted octanol–water partition coefficient (Wildman–Crippen LogP) is 3.56. The van der Waals surface area contributed by atoms with Crippen LogP contribution in [0.4, 0.5) is 5.69 Å². The highest BCUT2D eigenvalue weighted by molar-refractivity contribution is 7.92. The van der Waals surface area contributed by atoms with Gasteiger partial charge in [0.15, 0.2) is 0 Å². The maximum atomic E-state index is 12.8. The van der Waals surface area contributed by atoms with E-state index in [1.807, 2.05) is 12.1 Å². The van der Waals surface area contributed by atoms with Gasteiger partial charge in [0.1, 0.15) is 0 Å². The molecular weight excluding hydrogens is 450 g/mol. The Kier molecular flexibility index (Phi) is 7.62. The van der Waals surface area contributed by atoms with Crippen LogP contribution in [0.25, 0.3) is 0 Å². The van der Waals surface area contributed by atoms with E-state index >= 15 is 0 Å². The number of amides is 1. The predicted molar refractivity (Wildman–Crippen MR) is 132 cm³/mol. The fourth-order valence-electron chi connectivity index (χ4n) is 3.85. The van der Waals surface area contributed by atoms with Crippen molar-refractivity contribution in [2.75, 3.05) is 31.0 Å². The van der Waals surface area contributed by atoms with Crippen LogP contribution in [-0.4, -0.2) is 45.5 Å². The summed E-state index contributed by atoms with van der Waals surface area (Å²) >= 11 is 0. The molecule has 3 aromatic carbocycles. The van der Waals surface area contributed by atoms with Gasteiger partial charge in [0.25, 0.3) is 15.9 Å². The molecule has 1 amide bonds. The molecule has 2 N–H and O–H groups in total. The number of rotatable bonds is 8. The van der Waals surface area contributed by atoms with Gasteiger partial charge in [-0.1, -0.05) is 48.5 Å². The second-order valence-electron chi connectivity index (χ2n) is 8.28. The quantitative estimate of drug-likeness (QED) is 0.516. The van der Waals surface area contributed by atoms with E-state index in [2.05, 4.69) is 27.1 Å². The van der Waals surface area contributed by atoms with E-state index in [4.69, 9.17) is 4.74 Å². The summed E-state index contributed by atoms with van der Waals surface area (Å²) in [5, 5.41) is 2.94. The molecule has 0 saturated carbocycles. The Hall–Kier alpha value is -3.20. The van der Waals surface area contributed by atoms with Gasteiger partial charge in [-0.05, 0) is 47.9 Å². The Morgan fingerprint density at radius 3 is 2.29 bits per heavy atom. The van der Waals surface area contributed by atoms with E-state index in [-0.39, 0.29) is 10.8 Å². The number of sulfonamides is 1. The number of nitrogens with one attached hydrogen (secondary N) is 2. The zero-order valence-electron chi connectivity index (χ0n) is 19.2. The second kappa shape index (κ2) is 10.8. The van der Waals surface area contributed by atoms with Crippen LogP contribution in [0.1, 0.15) is 27.0 Å². The topological polar surface area (TPSA) is 87.7 Å². The van der Waals surface area contributed by atoms with Crippen molar-refractivity contribution in [2.45, 2.75) is 24.9 Å². The van der Waals surface area contributed by atoms with Crippen molar-refractivity contribution in [3.8, 4) is 0 Å². The number of carbonyl (C=O) groups excluding carboxylic acids is 1. The number of benzene rings is 3. The Morgan fingerprint density at radius 2 is 1.59 bits per heavy atom. The van der Waals surface area contributed by atoms with E-state index in [9.17, 15) is 13.2 Å². The molecule has 0 unspecified atom stereocenters. The summed E-state index contributed by atoms with van der Waals surface area (Å²) < 4.78 is 33.3. The molecular formula is C26H29N3O4S. The number of carbonyl (C=O) groups is 1. The molecule has 34 heavy (non-hydrogen) atoms. The fourth-order valence-corrected chi connectivity index (χ4v) is 5.00. The Balaban J connectivity index is 1.38. The minimum Gasteiger partial charge on any atom is -0.379 e. The third kappa shape index (κ3) is 6.02. The van der Waals surface area contributed by atoms with Gasteiger partial charge >= 0.3 is 0 Å². The van der Waals surface area contributed by atoms with E-state index in [1.165, 1.54) is 17.7 Å². The van der Waals surface area contributed by atoms with Gasteiger partial charge in [-0.2, -0.15) is 0 Å². The van der Waals surface area contributed by atoms with Gasteiger partial charge in [-0.3, -0.25) is 14.4 Å². The maximum Gasteiger partial charge on any atom is 0.261 e. The molecule has 1 aliphatic heterocycles. The number of nitrogens with zero attached hydrogens (tertiary/aromatic N) is 1. The summed E-state index contributed by atoms with van der Waals surface area (Å²) in [5.41, 5.74) is 3.60. The fraction of sp³-hybridized carbons (Fsp3) is 0.269. The van der Waals surface area contributed by atoms with Crippen LogP contribution in [0.3, 0.4) is 0 Å². The molecule has 1 saturated heterocycles. The van der Waals surface area contributed by atoms with Crippen molar-refractivity contribution in [3.63, 3.8) is 0 Å². The highest BCUT2D eigenvalue weighted by atomic mass is 32.2. The SMILES string of the molecule is Cc1c(NS(=O)(=O)c2ccccc2)cccc1C(=O)NCc1ccc(CN2CCOCC2)cc1. The van der Waals surface area contributed by atoms with Gasteiger partial charge in [0.2, 0.25) is 0 Å². The lowest BCUT2D eigenvalue weighted by atomic mass is 10.1. The molecule has 0 atom stereocenters. The lowest BCUT2D eigenvalue weighted by molar-refractivity contribution is 0.0342. The normalized spacial score (nSPS) is 14.5. The Bertz CT molecular complexity index is 1220. The van der Waals surface area contributed by atoms with Gasteiger partial charge < -0.3 is 10.1 Å². The molecule has 0 radical (unpaired) electrons. The number of anilines is 1. The van der Waals surface area contributed by atoms with Crippen molar-refractivity contribution in [1.29, 1.82) is 0 Å². The van der Waals surface area contributed by atoms with E-state index in [1.54, 1.807) is 43.3 Å². The number of hydrogen-bond donors (Lipinski definition) is 2. The Labute approximate surface area is 200 Å². The molecule has 0 aliphatic carbocycles. The molecule has 8 heteroatoms. The van der Waals surface area contributed by atoms with E-state index in [0.29, 0.717) is 23.4 Å². The van der Waals surface area contributed by atoms with Crippen molar-refractivity contribution >= 4 is 21.6 Å². The third-order valence-electron chi connectivity index (χ3n) is 5.86. The van der Waals surface area contributed by atoms with Crippen molar-refractivity contribution < 1.29 is 17.9 Å². The highest BCUT2D eigenvalue weighted by Gasteiger charge is 2.18. The van der Waals surface area contributed by atoms with Gasteiger partial charge in [0, 0.05) is 31.7 Å².